The molecule has 0 radical (unpaired) electrons. The Labute approximate surface area is 245 Å². The van der Waals surface area contributed by atoms with E-state index >= 15 is 0 Å². The van der Waals surface area contributed by atoms with Crippen LogP contribution in [-0.4, -0.2) is 0 Å². The smallest absolute Gasteiger partial charge is 0.143 e. The Morgan fingerprint density at radius 2 is 1.07 bits per heavy atom. The molecular weight excluding hydrogens is 529 g/mol. The molecule has 2 heteroatoms. The van der Waals surface area contributed by atoms with Crippen molar-refractivity contribution in [3.05, 3.63) is 133 Å². The van der Waals surface area contributed by atoms with E-state index < -0.39 is 0 Å². The summed E-state index contributed by atoms with van der Waals surface area (Å²) in [6.07, 6.45) is 0. The Morgan fingerprint density at radius 1 is 0.429 bits per heavy atom. The largest absolute Gasteiger partial charge is 0.455 e. The quantitative estimate of drug-likeness (QED) is 0.195. The second-order valence-electron chi connectivity index (χ2n) is 11.2. The van der Waals surface area contributed by atoms with Crippen LogP contribution in [0.15, 0.2) is 138 Å². The standard InChI is InChI=1S/C40H22OS/c1-2-8-23(9-3-1)26-18-14-24-16-20-29-30(21-17-25-15-19-28(26)36(24)37(25)29)39-38-31-11-5-7-13-34(31)42-35(38)22-32-27-10-4-6-12-33(27)41-40(32)39/h1-22H. The highest BCUT2D eigenvalue weighted by Crippen LogP contribution is 2.50. The third-order valence-electron chi connectivity index (χ3n) is 9.03. The lowest BCUT2D eigenvalue weighted by atomic mass is 9.86. The molecule has 0 aliphatic carbocycles. The van der Waals surface area contributed by atoms with Crippen molar-refractivity contribution in [3.63, 3.8) is 0 Å². The topological polar surface area (TPSA) is 13.1 Å². The molecule has 0 amide bonds. The van der Waals surface area contributed by atoms with Crippen molar-refractivity contribution in [2.45, 2.75) is 0 Å². The highest BCUT2D eigenvalue weighted by molar-refractivity contribution is 7.26. The fourth-order valence-electron chi connectivity index (χ4n) is 7.21. The number of rotatable bonds is 2. The predicted molar refractivity (Wildman–Crippen MR) is 181 cm³/mol. The summed E-state index contributed by atoms with van der Waals surface area (Å²) in [6, 6.07) is 48.7. The SMILES string of the molecule is c1ccc(-c2ccc3ccc4c(-c5c6oc7ccccc7c6cc6sc7ccccc7c56)ccc5ccc2c3c54)cc1. The summed E-state index contributed by atoms with van der Waals surface area (Å²) in [5.41, 5.74) is 6.83. The van der Waals surface area contributed by atoms with Crippen LogP contribution in [0.1, 0.15) is 0 Å². The monoisotopic (exact) mass is 550 g/mol. The molecule has 0 unspecified atom stereocenters. The number of hydrogen-bond donors (Lipinski definition) is 0. The molecule has 10 rings (SSSR count). The maximum atomic E-state index is 6.74. The normalized spacial score (nSPS) is 12.3. The fraction of sp³-hybridized carbons (Fsp3) is 0. The number of thiophene rings is 1. The van der Waals surface area contributed by atoms with E-state index in [1.54, 1.807) is 0 Å². The summed E-state index contributed by atoms with van der Waals surface area (Å²) in [6.45, 7) is 0. The van der Waals surface area contributed by atoms with Gasteiger partial charge in [-0.2, -0.15) is 0 Å². The average molecular weight is 551 g/mol. The molecule has 194 valence electrons. The predicted octanol–water partition coefficient (Wildman–Crippen LogP) is 12.2. The van der Waals surface area contributed by atoms with Gasteiger partial charge in [0.15, 0.2) is 0 Å². The Balaban J connectivity index is 1.40. The maximum absolute atomic E-state index is 6.74. The first-order chi connectivity index (χ1) is 20.8. The van der Waals surface area contributed by atoms with Crippen molar-refractivity contribution < 1.29 is 4.42 Å². The van der Waals surface area contributed by atoms with Crippen molar-refractivity contribution in [2.24, 2.45) is 0 Å². The number of fused-ring (bicyclic) bond motifs is 6. The van der Waals surface area contributed by atoms with Gasteiger partial charge in [0.05, 0.1) is 0 Å². The molecule has 10 aromatic rings. The summed E-state index contributed by atoms with van der Waals surface area (Å²) in [5, 5.41) is 12.7. The van der Waals surface area contributed by atoms with E-state index in [9.17, 15) is 0 Å². The number of para-hydroxylation sites is 1. The third-order valence-corrected chi connectivity index (χ3v) is 10.1. The first-order valence-corrected chi connectivity index (χ1v) is 15.2. The van der Waals surface area contributed by atoms with E-state index in [0.717, 1.165) is 11.2 Å². The highest BCUT2D eigenvalue weighted by atomic mass is 32.1. The minimum Gasteiger partial charge on any atom is -0.455 e. The van der Waals surface area contributed by atoms with Crippen LogP contribution < -0.4 is 0 Å². The Hall–Kier alpha value is -5.18. The maximum Gasteiger partial charge on any atom is 0.143 e. The van der Waals surface area contributed by atoms with Gasteiger partial charge in [0.2, 0.25) is 0 Å². The second kappa shape index (κ2) is 8.19. The Kier molecular flexibility index (Phi) is 4.39. The lowest BCUT2D eigenvalue weighted by Gasteiger charge is -2.17. The molecule has 0 aliphatic heterocycles. The lowest BCUT2D eigenvalue weighted by Crippen LogP contribution is -1.90. The molecule has 0 bridgehead atoms. The Bertz CT molecular complexity index is 2670. The minimum absolute atomic E-state index is 0.931. The van der Waals surface area contributed by atoms with Crippen LogP contribution >= 0.6 is 11.3 Å². The van der Waals surface area contributed by atoms with Crippen LogP contribution in [0.3, 0.4) is 0 Å². The van der Waals surface area contributed by atoms with Crippen LogP contribution in [0.5, 0.6) is 0 Å². The molecule has 0 spiro atoms. The highest BCUT2D eigenvalue weighted by Gasteiger charge is 2.22. The van der Waals surface area contributed by atoms with Crippen molar-refractivity contribution in [2.75, 3.05) is 0 Å². The zero-order valence-corrected chi connectivity index (χ0v) is 23.3. The summed E-state index contributed by atoms with van der Waals surface area (Å²) in [5.74, 6) is 0. The molecule has 0 aliphatic rings. The van der Waals surface area contributed by atoms with Crippen LogP contribution in [-0.2, 0) is 0 Å². The van der Waals surface area contributed by atoms with Gasteiger partial charge in [-0.1, -0.05) is 115 Å². The summed E-state index contributed by atoms with van der Waals surface area (Å²) in [7, 11) is 0. The van der Waals surface area contributed by atoms with Crippen LogP contribution in [0, 0.1) is 0 Å². The zero-order valence-electron chi connectivity index (χ0n) is 22.5. The summed E-state index contributed by atoms with van der Waals surface area (Å²) in [4.78, 5) is 0. The van der Waals surface area contributed by atoms with Gasteiger partial charge in [-0.3, -0.25) is 0 Å². The number of benzene rings is 8. The molecule has 2 heterocycles. The van der Waals surface area contributed by atoms with Crippen LogP contribution in [0.25, 0.3) is 96.7 Å². The molecule has 0 saturated heterocycles. The van der Waals surface area contributed by atoms with Crippen molar-refractivity contribution in [1.29, 1.82) is 0 Å². The molecule has 2 aromatic heterocycles. The van der Waals surface area contributed by atoms with Gasteiger partial charge >= 0.3 is 0 Å². The van der Waals surface area contributed by atoms with Gasteiger partial charge in [0.25, 0.3) is 0 Å². The average Bonchev–Trinajstić information content (AvgIpc) is 3.61. The van der Waals surface area contributed by atoms with Gasteiger partial charge in [-0.05, 0) is 67.2 Å². The van der Waals surface area contributed by atoms with Gasteiger partial charge in [-0.25, -0.2) is 0 Å². The third kappa shape index (κ3) is 2.92. The zero-order chi connectivity index (χ0) is 27.4. The van der Waals surface area contributed by atoms with Gasteiger partial charge in [0, 0.05) is 36.5 Å². The summed E-state index contributed by atoms with van der Waals surface area (Å²) >= 11 is 1.87. The molecular formula is C40H22OS. The molecule has 0 fully saturated rings. The molecule has 0 atom stereocenters. The fourth-order valence-corrected chi connectivity index (χ4v) is 8.36. The van der Waals surface area contributed by atoms with Crippen molar-refractivity contribution in [3.8, 4) is 22.3 Å². The minimum atomic E-state index is 0.931. The van der Waals surface area contributed by atoms with Gasteiger partial charge < -0.3 is 4.42 Å². The van der Waals surface area contributed by atoms with E-state index in [1.807, 2.05) is 11.3 Å². The summed E-state index contributed by atoms with van der Waals surface area (Å²) < 4.78 is 9.33. The van der Waals surface area contributed by atoms with E-state index in [1.165, 1.54) is 85.5 Å². The molecule has 8 aromatic carbocycles. The van der Waals surface area contributed by atoms with Gasteiger partial charge in [0.1, 0.15) is 11.2 Å². The van der Waals surface area contributed by atoms with E-state index in [-0.39, 0.29) is 0 Å². The molecule has 42 heavy (non-hydrogen) atoms. The van der Waals surface area contributed by atoms with Crippen molar-refractivity contribution >= 4 is 85.8 Å². The van der Waals surface area contributed by atoms with Crippen LogP contribution in [0.4, 0.5) is 0 Å². The van der Waals surface area contributed by atoms with E-state index in [2.05, 4.69) is 133 Å². The van der Waals surface area contributed by atoms with Crippen molar-refractivity contribution in [1.82, 2.24) is 0 Å². The second-order valence-corrected chi connectivity index (χ2v) is 12.3. The van der Waals surface area contributed by atoms with E-state index in [0.29, 0.717) is 0 Å². The molecule has 0 N–H and O–H groups in total. The number of hydrogen-bond acceptors (Lipinski definition) is 2. The first-order valence-electron chi connectivity index (χ1n) is 14.4. The lowest BCUT2D eigenvalue weighted by molar-refractivity contribution is 0.670. The molecule has 0 saturated carbocycles. The molecule has 1 nitrogen and oxygen atoms in total. The first kappa shape index (κ1) is 22.5. The Morgan fingerprint density at radius 3 is 1.88 bits per heavy atom. The van der Waals surface area contributed by atoms with Crippen LogP contribution in [0.2, 0.25) is 0 Å². The van der Waals surface area contributed by atoms with Gasteiger partial charge in [-0.15, -0.1) is 11.3 Å². The van der Waals surface area contributed by atoms with E-state index in [4.69, 9.17) is 4.42 Å². The number of furan rings is 1.